The highest BCUT2D eigenvalue weighted by Gasteiger charge is 2.35. The molecule has 1 aromatic rings. The monoisotopic (exact) mass is 218 g/mol. The molecule has 4 nitrogen and oxygen atoms in total. The van der Waals surface area contributed by atoms with E-state index in [0.29, 0.717) is 0 Å². The fourth-order valence-corrected chi connectivity index (χ4v) is 2.59. The fraction of sp³-hybridized carbons (Fsp3) is 0.667. The maximum atomic E-state index is 9.21. The van der Waals surface area contributed by atoms with Gasteiger partial charge in [-0.1, -0.05) is 0 Å². The lowest BCUT2D eigenvalue weighted by atomic mass is 10.0. The smallest absolute Gasteiger partial charge is 0.145 e. The third-order valence-corrected chi connectivity index (χ3v) is 3.46. The lowest BCUT2D eigenvalue weighted by Gasteiger charge is -2.33. The molecule has 0 aliphatic carbocycles. The van der Waals surface area contributed by atoms with Gasteiger partial charge in [0.1, 0.15) is 17.5 Å². The van der Waals surface area contributed by atoms with Gasteiger partial charge in [-0.05, 0) is 33.6 Å². The van der Waals surface area contributed by atoms with E-state index in [0.717, 1.165) is 23.6 Å². The Bertz CT molecular complexity index is 450. The standard InChI is InChI=1S/C12H18N4/c1-9-10(8-13)11(15(4)14-9)16-7-5-6-12(16,2)3/h5-7H2,1-4H3. The van der Waals surface area contributed by atoms with Gasteiger partial charge in [0.25, 0.3) is 0 Å². The lowest BCUT2D eigenvalue weighted by molar-refractivity contribution is 0.505. The fourth-order valence-electron chi connectivity index (χ4n) is 2.59. The second-order valence-corrected chi connectivity index (χ2v) is 5.09. The molecule has 0 spiro atoms. The van der Waals surface area contributed by atoms with E-state index < -0.39 is 0 Å². The van der Waals surface area contributed by atoms with Crippen molar-refractivity contribution in [3.05, 3.63) is 11.3 Å². The van der Waals surface area contributed by atoms with E-state index in [2.05, 4.69) is 29.9 Å². The van der Waals surface area contributed by atoms with Crippen molar-refractivity contribution >= 4 is 5.82 Å². The summed E-state index contributed by atoms with van der Waals surface area (Å²) in [5, 5.41) is 13.6. The maximum absolute atomic E-state index is 9.21. The zero-order valence-electron chi connectivity index (χ0n) is 10.4. The van der Waals surface area contributed by atoms with Gasteiger partial charge in [-0.2, -0.15) is 10.4 Å². The molecular formula is C12H18N4. The Morgan fingerprint density at radius 1 is 1.44 bits per heavy atom. The van der Waals surface area contributed by atoms with Crippen LogP contribution in [-0.2, 0) is 7.05 Å². The van der Waals surface area contributed by atoms with Crippen LogP contribution in [0.1, 0.15) is 37.9 Å². The lowest BCUT2D eigenvalue weighted by Crippen LogP contribution is -2.39. The highest BCUT2D eigenvalue weighted by Crippen LogP contribution is 2.35. The minimum atomic E-state index is 0.131. The van der Waals surface area contributed by atoms with Gasteiger partial charge in [0, 0.05) is 19.1 Å². The summed E-state index contributed by atoms with van der Waals surface area (Å²) >= 11 is 0. The first-order chi connectivity index (χ1) is 7.47. The Labute approximate surface area is 96.5 Å². The van der Waals surface area contributed by atoms with Crippen LogP contribution in [0.2, 0.25) is 0 Å². The summed E-state index contributed by atoms with van der Waals surface area (Å²) in [6.07, 6.45) is 2.35. The first-order valence-electron chi connectivity index (χ1n) is 5.69. The Kier molecular flexibility index (Phi) is 2.42. The second kappa shape index (κ2) is 3.51. The molecule has 2 heterocycles. The number of nitrogens with zero attached hydrogens (tertiary/aromatic N) is 4. The van der Waals surface area contributed by atoms with E-state index in [1.807, 2.05) is 18.7 Å². The SMILES string of the molecule is Cc1nn(C)c(N2CCCC2(C)C)c1C#N. The molecule has 0 bridgehead atoms. The Hall–Kier alpha value is -1.50. The topological polar surface area (TPSA) is 44.9 Å². The minimum absolute atomic E-state index is 0.131. The first kappa shape index (κ1) is 11.0. The Morgan fingerprint density at radius 2 is 2.12 bits per heavy atom. The van der Waals surface area contributed by atoms with Gasteiger partial charge in [0.2, 0.25) is 0 Å². The molecule has 86 valence electrons. The number of aryl methyl sites for hydroxylation is 2. The van der Waals surface area contributed by atoms with Crippen molar-refractivity contribution in [3.8, 4) is 6.07 Å². The molecule has 0 unspecified atom stereocenters. The molecule has 0 atom stereocenters. The number of aromatic nitrogens is 2. The molecular weight excluding hydrogens is 200 g/mol. The second-order valence-electron chi connectivity index (χ2n) is 5.09. The molecule has 16 heavy (non-hydrogen) atoms. The van der Waals surface area contributed by atoms with Crippen LogP contribution < -0.4 is 4.90 Å². The summed E-state index contributed by atoms with van der Waals surface area (Å²) in [5.74, 6) is 0.975. The van der Waals surface area contributed by atoms with E-state index in [1.165, 1.54) is 12.8 Å². The predicted molar refractivity (Wildman–Crippen MR) is 63.3 cm³/mol. The molecule has 1 saturated heterocycles. The predicted octanol–water partition coefficient (Wildman–Crippen LogP) is 1.98. The maximum Gasteiger partial charge on any atom is 0.145 e. The molecule has 1 aromatic heterocycles. The third kappa shape index (κ3) is 1.47. The van der Waals surface area contributed by atoms with E-state index in [4.69, 9.17) is 0 Å². The molecule has 0 amide bonds. The van der Waals surface area contributed by atoms with Crippen LogP contribution in [-0.4, -0.2) is 21.9 Å². The summed E-state index contributed by atoms with van der Waals surface area (Å²) in [5.41, 5.74) is 1.67. The molecule has 0 aromatic carbocycles. The van der Waals surface area contributed by atoms with E-state index in [9.17, 15) is 5.26 Å². The molecule has 1 fully saturated rings. The highest BCUT2D eigenvalue weighted by atomic mass is 15.4. The van der Waals surface area contributed by atoms with Crippen LogP contribution in [0.4, 0.5) is 5.82 Å². The number of anilines is 1. The van der Waals surface area contributed by atoms with Crippen molar-refractivity contribution in [2.24, 2.45) is 7.05 Å². The number of hydrogen-bond acceptors (Lipinski definition) is 3. The summed E-state index contributed by atoms with van der Waals surface area (Å²) in [6.45, 7) is 7.36. The molecule has 4 heteroatoms. The molecule has 0 saturated carbocycles. The van der Waals surface area contributed by atoms with Crippen LogP contribution in [0.25, 0.3) is 0 Å². The summed E-state index contributed by atoms with van der Waals surface area (Å²) < 4.78 is 1.83. The van der Waals surface area contributed by atoms with E-state index >= 15 is 0 Å². The zero-order chi connectivity index (χ0) is 11.9. The largest absolute Gasteiger partial charge is 0.351 e. The Balaban J connectivity index is 2.52. The van der Waals surface area contributed by atoms with Gasteiger partial charge in [-0.25, -0.2) is 0 Å². The minimum Gasteiger partial charge on any atom is -0.351 e. The van der Waals surface area contributed by atoms with Crippen LogP contribution in [0.5, 0.6) is 0 Å². The quantitative estimate of drug-likeness (QED) is 0.724. The average molecular weight is 218 g/mol. The van der Waals surface area contributed by atoms with Crippen molar-refractivity contribution in [1.82, 2.24) is 9.78 Å². The molecule has 1 aliphatic heterocycles. The molecule has 0 radical (unpaired) electrons. The first-order valence-corrected chi connectivity index (χ1v) is 5.69. The third-order valence-electron chi connectivity index (χ3n) is 3.46. The van der Waals surface area contributed by atoms with Crippen molar-refractivity contribution in [3.63, 3.8) is 0 Å². The average Bonchev–Trinajstić information content (AvgIpc) is 2.65. The summed E-state index contributed by atoms with van der Waals surface area (Å²) in [6, 6.07) is 2.27. The number of rotatable bonds is 1. The highest BCUT2D eigenvalue weighted by molar-refractivity contribution is 5.59. The van der Waals surface area contributed by atoms with Crippen LogP contribution in [0.15, 0.2) is 0 Å². The summed E-state index contributed by atoms with van der Waals surface area (Å²) in [4.78, 5) is 2.31. The van der Waals surface area contributed by atoms with Gasteiger partial charge in [-0.15, -0.1) is 0 Å². The number of nitriles is 1. The van der Waals surface area contributed by atoms with Crippen molar-refractivity contribution in [2.75, 3.05) is 11.4 Å². The normalized spacial score (nSPS) is 18.8. The van der Waals surface area contributed by atoms with Gasteiger partial charge in [0.15, 0.2) is 0 Å². The molecule has 0 N–H and O–H groups in total. The van der Waals surface area contributed by atoms with Crippen LogP contribution in [0.3, 0.4) is 0 Å². The molecule has 2 rings (SSSR count). The summed E-state index contributed by atoms with van der Waals surface area (Å²) in [7, 11) is 1.91. The van der Waals surface area contributed by atoms with Gasteiger partial charge in [-0.3, -0.25) is 4.68 Å². The van der Waals surface area contributed by atoms with E-state index in [1.54, 1.807) is 0 Å². The van der Waals surface area contributed by atoms with Crippen molar-refractivity contribution in [2.45, 2.75) is 39.2 Å². The molecule has 1 aliphatic rings. The van der Waals surface area contributed by atoms with Gasteiger partial charge < -0.3 is 4.90 Å². The van der Waals surface area contributed by atoms with Crippen LogP contribution >= 0.6 is 0 Å². The zero-order valence-corrected chi connectivity index (χ0v) is 10.4. The van der Waals surface area contributed by atoms with Crippen molar-refractivity contribution < 1.29 is 0 Å². The number of hydrogen-bond donors (Lipinski definition) is 0. The van der Waals surface area contributed by atoms with Gasteiger partial charge in [0.05, 0.1) is 5.69 Å². The van der Waals surface area contributed by atoms with Crippen molar-refractivity contribution in [1.29, 1.82) is 5.26 Å². The Morgan fingerprint density at radius 3 is 2.62 bits per heavy atom. The van der Waals surface area contributed by atoms with Crippen LogP contribution in [0, 0.1) is 18.3 Å². The van der Waals surface area contributed by atoms with Gasteiger partial charge >= 0.3 is 0 Å². The van der Waals surface area contributed by atoms with E-state index in [-0.39, 0.29) is 5.54 Å².